The van der Waals surface area contributed by atoms with Crippen LogP contribution in [0.25, 0.3) is 0 Å². The molecule has 3 atom stereocenters. The number of alkyl halides is 3. The van der Waals surface area contributed by atoms with Crippen molar-refractivity contribution in [3.63, 3.8) is 0 Å². The van der Waals surface area contributed by atoms with Crippen molar-refractivity contribution in [2.24, 2.45) is 17.6 Å². The van der Waals surface area contributed by atoms with Crippen molar-refractivity contribution in [1.29, 1.82) is 0 Å². The van der Waals surface area contributed by atoms with Crippen LogP contribution in [0.2, 0.25) is 0 Å². The lowest BCUT2D eigenvalue weighted by molar-refractivity contribution is -0.137. The molecule has 1 fully saturated rings. The third-order valence-electron chi connectivity index (χ3n) is 4.56. The van der Waals surface area contributed by atoms with Gasteiger partial charge in [0.25, 0.3) is 0 Å². The number of nitrogens with one attached hydrogen (secondary N) is 1. The van der Waals surface area contributed by atoms with E-state index in [9.17, 15) is 18.0 Å². The SMILES string of the molecule is CC(Cc1ccc(C(F)(F)F)cc1)C(=O)NC1CCCC1CN.Cl. The monoisotopic (exact) mass is 364 g/mol. The molecule has 3 unspecified atom stereocenters. The summed E-state index contributed by atoms with van der Waals surface area (Å²) in [6.45, 7) is 2.36. The van der Waals surface area contributed by atoms with Crippen molar-refractivity contribution < 1.29 is 18.0 Å². The molecular formula is C17H24ClF3N2O. The molecule has 7 heteroatoms. The molecule has 0 aromatic heterocycles. The fourth-order valence-electron chi connectivity index (χ4n) is 3.11. The Balaban J connectivity index is 0.00000288. The van der Waals surface area contributed by atoms with Crippen LogP contribution in [0.15, 0.2) is 24.3 Å². The third kappa shape index (κ3) is 5.38. The maximum absolute atomic E-state index is 12.5. The molecule has 1 aliphatic rings. The summed E-state index contributed by atoms with van der Waals surface area (Å²) in [5, 5.41) is 3.04. The van der Waals surface area contributed by atoms with Gasteiger partial charge in [-0.1, -0.05) is 25.5 Å². The molecule has 0 aliphatic heterocycles. The molecule has 1 aliphatic carbocycles. The predicted octanol–water partition coefficient (Wildman–Crippen LogP) is 3.55. The number of rotatable bonds is 5. The Labute approximate surface area is 146 Å². The quantitative estimate of drug-likeness (QED) is 0.839. The van der Waals surface area contributed by atoms with Gasteiger partial charge in [-0.3, -0.25) is 4.79 Å². The lowest BCUT2D eigenvalue weighted by Crippen LogP contribution is -2.42. The van der Waals surface area contributed by atoms with Gasteiger partial charge in [0, 0.05) is 12.0 Å². The summed E-state index contributed by atoms with van der Waals surface area (Å²) in [6, 6.07) is 5.11. The third-order valence-corrected chi connectivity index (χ3v) is 4.56. The zero-order valence-electron chi connectivity index (χ0n) is 13.6. The van der Waals surface area contributed by atoms with E-state index in [0.717, 1.165) is 37.0 Å². The fraction of sp³-hybridized carbons (Fsp3) is 0.588. The Bertz CT molecular complexity index is 534. The smallest absolute Gasteiger partial charge is 0.353 e. The van der Waals surface area contributed by atoms with Crippen LogP contribution in [0.3, 0.4) is 0 Å². The van der Waals surface area contributed by atoms with Crippen molar-refractivity contribution >= 4 is 18.3 Å². The second kappa shape index (κ2) is 8.72. The van der Waals surface area contributed by atoms with Gasteiger partial charge in [0.1, 0.15) is 0 Å². The standard InChI is InChI=1S/C17H23F3N2O.ClH/c1-11(16(23)22-15-4-2-3-13(15)10-21)9-12-5-7-14(8-6-12)17(18,19)20;/h5-8,11,13,15H,2-4,9-10,21H2,1H3,(H,22,23);1H. The van der Waals surface area contributed by atoms with Gasteiger partial charge in [0.05, 0.1) is 5.56 Å². The van der Waals surface area contributed by atoms with Gasteiger partial charge < -0.3 is 11.1 Å². The Morgan fingerprint density at radius 3 is 2.46 bits per heavy atom. The number of hydrogen-bond acceptors (Lipinski definition) is 2. The molecule has 136 valence electrons. The van der Waals surface area contributed by atoms with E-state index in [2.05, 4.69) is 5.32 Å². The zero-order valence-corrected chi connectivity index (χ0v) is 14.4. The highest BCUT2D eigenvalue weighted by Crippen LogP contribution is 2.29. The summed E-state index contributed by atoms with van der Waals surface area (Å²) in [5.74, 6) is -0.0155. The number of hydrogen-bond donors (Lipinski definition) is 2. The van der Waals surface area contributed by atoms with Crippen molar-refractivity contribution in [2.45, 2.75) is 44.8 Å². The summed E-state index contributed by atoms with van der Waals surface area (Å²) >= 11 is 0. The number of benzene rings is 1. The van der Waals surface area contributed by atoms with E-state index in [-0.39, 0.29) is 30.3 Å². The number of halogens is 4. The highest BCUT2D eigenvalue weighted by molar-refractivity contribution is 5.85. The minimum Gasteiger partial charge on any atom is -0.353 e. The highest BCUT2D eigenvalue weighted by atomic mass is 35.5. The van der Waals surface area contributed by atoms with Crippen LogP contribution in [0.1, 0.15) is 37.3 Å². The lowest BCUT2D eigenvalue weighted by Gasteiger charge is -2.22. The highest BCUT2D eigenvalue weighted by Gasteiger charge is 2.30. The molecule has 0 spiro atoms. The number of amides is 1. The van der Waals surface area contributed by atoms with E-state index < -0.39 is 11.7 Å². The summed E-state index contributed by atoms with van der Waals surface area (Å²) in [7, 11) is 0. The van der Waals surface area contributed by atoms with Gasteiger partial charge in [0.15, 0.2) is 0 Å². The average Bonchev–Trinajstić information content (AvgIpc) is 2.94. The van der Waals surface area contributed by atoms with Crippen molar-refractivity contribution in [1.82, 2.24) is 5.32 Å². The molecule has 3 nitrogen and oxygen atoms in total. The van der Waals surface area contributed by atoms with Gasteiger partial charge in [-0.05, 0) is 49.4 Å². The number of carbonyl (C=O) groups excluding carboxylic acids is 1. The van der Waals surface area contributed by atoms with Gasteiger partial charge >= 0.3 is 6.18 Å². The molecule has 0 saturated heterocycles. The van der Waals surface area contributed by atoms with Crippen molar-refractivity contribution in [3.8, 4) is 0 Å². The van der Waals surface area contributed by atoms with Crippen LogP contribution in [-0.2, 0) is 17.4 Å². The van der Waals surface area contributed by atoms with Crippen LogP contribution >= 0.6 is 12.4 Å². The second-order valence-electron chi connectivity index (χ2n) is 6.34. The first kappa shape index (κ1) is 20.8. The molecule has 1 aromatic carbocycles. The minimum absolute atomic E-state index is 0. The Morgan fingerprint density at radius 2 is 1.92 bits per heavy atom. The van der Waals surface area contributed by atoms with Gasteiger partial charge in [-0.25, -0.2) is 0 Å². The van der Waals surface area contributed by atoms with E-state index in [0.29, 0.717) is 18.9 Å². The number of carbonyl (C=O) groups is 1. The van der Waals surface area contributed by atoms with Gasteiger partial charge in [-0.15, -0.1) is 12.4 Å². The summed E-state index contributed by atoms with van der Waals surface area (Å²) in [4.78, 5) is 12.3. The maximum Gasteiger partial charge on any atom is 0.416 e. The minimum atomic E-state index is -4.33. The lowest BCUT2D eigenvalue weighted by atomic mass is 9.97. The zero-order chi connectivity index (χ0) is 17.0. The Hall–Kier alpha value is -1.27. The molecule has 0 radical (unpaired) electrons. The van der Waals surface area contributed by atoms with Crippen molar-refractivity contribution in [3.05, 3.63) is 35.4 Å². The second-order valence-corrected chi connectivity index (χ2v) is 6.34. The van der Waals surface area contributed by atoms with E-state index in [4.69, 9.17) is 5.73 Å². The molecular weight excluding hydrogens is 341 g/mol. The summed E-state index contributed by atoms with van der Waals surface area (Å²) in [6.07, 6.45) is -0.860. The van der Waals surface area contributed by atoms with E-state index >= 15 is 0 Å². The summed E-state index contributed by atoms with van der Waals surface area (Å²) in [5.41, 5.74) is 5.76. The van der Waals surface area contributed by atoms with Crippen LogP contribution < -0.4 is 11.1 Å². The predicted molar refractivity (Wildman–Crippen MR) is 89.9 cm³/mol. The first-order valence-corrected chi connectivity index (χ1v) is 7.98. The maximum atomic E-state index is 12.5. The first-order chi connectivity index (χ1) is 10.8. The fourth-order valence-corrected chi connectivity index (χ4v) is 3.11. The van der Waals surface area contributed by atoms with Crippen LogP contribution in [0, 0.1) is 11.8 Å². The normalized spacial score (nSPS) is 21.9. The molecule has 1 saturated carbocycles. The van der Waals surface area contributed by atoms with E-state index in [1.807, 2.05) is 0 Å². The number of nitrogens with two attached hydrogens (primary N) is 1. The van der Waals surface area contributed by atoms with Crippen LogP contribution in [-0.4, -0.2) is 18.5 Å². The molecule has 2 rings (SSSR count). The first-order valence-electron chi connectivity index (χ1n) is 7.98. The van der Waals surface area contributed by atoms with Crippen molar-refractivity contribution in [2.75, 3.05) is 6.54 Å². The molecule has 1 aromatic rings. The molecule has 0 heterocycles. The topological polar surface area (TPSA) is 55.1 Å². The molecule has 0 bridgehead atoms. The van der Waals surface area contributed by atoms with Crippen LogP contribution in [0.5, 0.6) is 0 Å². The Kier molecular flexibility index (Phi) is 7.55. The van der Waals surface area contributed by atoms with Crippen LogP contribution in [0.4, 0.5) is 13.2 Å². The Morgan fingerprint density at radius 1 is 1.29 bits per heavy atom. The molecule has 24 heavy (non-hydrogen) atoms. The largest absolute Gasteiger partial charge is 0.416 e. The summed E-state index contributed by atoms with van der Waals surface area (Å²) < 4.78 is 37.6. The van der Waals surface area contributed by atoms with Gasteiger partial charge in [0.2, 0.25) is 5.91 Å². The van der Waals surface area contributed by atoms with Gasteiger partial charge in [-0.2, -0.15) is 13.2 Å². The van der Waals surface area contributed by atoms with E-state index in [1.165, 1.54) is 12.1 Å². The average molecular weight is 365 g/mol. The van der Waals surface area contributed by atoms with E-state index in [1.54, 1.807) is 6.92 Å². The molecule has 3 N–H and O–H groups in total. The molecule has 1 amide bonds.